The minimum atomic E-state index is -0.684. The molecule has 0 spiro atoms. The van der Waals surface area contributed by atoms with Crippen molar-refractivity contribution >= 4 is 11.9 Å². The van der Waals surface area contributed by atoms with E-state index in [1.807, 2.05) is 30.3 Å². The average molecular weight is 285 g/mol. The summed E-state index contributed by atoms with van der Waals surface area (Å²) in [5.41, 5.74) is 6.19. The molecule has 2 aromatic rings. The van der Waals surface area contributed by atoms with Crippen molar-refractivity contribution in [3.63, 3.8) is 0 Å². The Morgan fingerprint density at radius 2 is 1.62 bits per heavy atom. The summed E-state index contributed by atoms with van der Waals surface area (Å²) in [6.07, 6.45) is 0. The fourth-order valence-electron chi connectivity index (χ4n) is 1.64. The molecule has 0 aliphatic carbocycles. The average Bonchev–Trinajstić information content (AvgIpc) is 2.52. The normalized spacial score (nSPS) is 9.90. The number of nitrogens with two attached hydrogens (primary N) is 1. The van der Waals surface area contributed by atoms with Crippen molar-refractivity contribution in [2.75, 3.05) is 6.61 Å². The van der Waals surface area contributed by atoms with Crippen LogP contribution in [0.5, 0.6) is 5.75 Å². The van der Waals surface area contributed by atoms with Gasteiger partial charge in [0.25, 0.3) is 5.91 Å². The number of carbonyl (C=O) groups excluding carboxylic acids is 2. The zero-order chi connectivity index (χ0) is 15.1. The summed E-state index contributed by atoms with van der Waals surface area (Å²) in [4.78, 5) is 22.1. The van der Waals surface area contributed by atoms with Crippen molar-refractivity contribution in [1.82, 2.24) is 0 Å². The van der Waals surface area contributed by atoms with Gasteiger partial charge in [0.2, 0.25) is 0 Å². The molecule has 1 amide bonds. The highest BCUT2D eigenvalue weighted by Gasteiger charge is 2.08. The van der Waals surface area contributed by atoms with Gasteiger partial charge in [-0.2, -0.15) is 0 Å². The molecule has 5 heteroatoms. The van der Waals surface area contributed by atoms with E-state index in [1.165, 1.54) is 0 Å². The highest BCUT2D eigenvalue weighted by molar-refractivity contribution is 5.91. The predicted octanol–water partition coefficient (Wildman–Crippen LogP) is 1.91. The maximum atomic E-state index is 11.6. The van der Waals surface area contributed by atoms with E-state index in [2.05, 4.69) is 0 Å². The topological polar surface area (TPSA) is 78.6 Å². The summed E-state index contributed by atoms with van der Waals surface area (Å²) in [7, 11) is 0. The van der Waals surface area contributed by atoms with E-state index >= 15 is 0 Å². The number of esters is 1. The van der Waals surface area contributed by atoms with Crippen LogP contribution in [0.15, 0.2) is 54.6 Å². The molecule has 0 fully saturated rings. The van der Waals surface area contributed by atoms with Crippen LogP contribution in [-0.2, 0) is 16.1 Å². The van der Waals surface area contributed by atoms with Crippen LogP contribution in [0.3, 0.4) is 0 Å². The second kappa shape index (κ2) is 7.09. The van der Waals surface area contributed by atoms with Crippen molar-refractivity contribution in [2.45, 2.75) is 6.61 Å². The maximum Gasteiger partial charge on any atom is 0.338 e. The van der Waals surface area contributed by atoms with Gasteiger partial charge in [-0.15, -0.1) is 0 Å². The lowest BCUT2D eigenvalue weighted by atomic mass is 10.1. The highest BCUT2D eigenvalue weighted by Crippen LogP contribution is 2.12. The summed E-state index contributed by atoms with van der Waals surface area (Å²) in [6, 6.07) is 16.2. The molecular formula is C16H15NO4. The first kappa shape index (κ1) is 14.6. The Balaban J connectivity index is 1.89. The lowest BCUT2D eigenvalue weighted by Crippen LogP contribution is -2.20. The van der Waals surface area contributed by atoms with Crippen LogP contribution >= 0.6 is 0 Å². The van der Waals surface area contributed by atoms with E-state index < -0.39 is 18.5 Å². The highest BCUT2D eigenvalue weighted by atomic mass is 16.5. The van der Waals surface area contributed by atoms with Gasteiger partial charge in [-0.1, -0.05) is 30.3 Å². The Morgan fingerprint density at radius 3 is 2.24 bits per heavy atom. The Kier molecular flexibility index (Phi) is 4.93. The van der Waals surface area contributed by atoms with Crippen molar-refractivity contribution < 1.29 is 19.1 Å². The third-order valence-electron chi connectivity index (χ3n) is 2.68. The van der Waals surface area contributed by atoms with Crippen LogP contribution in [0.2, 0.25) is 0 Å². The lowest BCUT2D eigenvalue weighted by molar-refractivity contribution is -0.121. The first-order valence-corrected chi connectivity index (χ1v) is 6.37. The molecule has 0 saturated heterocycles. The maximum absolute atomic E-state index is 11.6. The number of primary amides is 1. The number of amides is 1. The molecule has 0 bridgehead atoms. The number of rotatable bonds is 6. The molecule has 2 N–H and O–H groups in total. The van der Waals surface area contributed by atoms with Crippen LogP contribution in [0.4, 0.5) is 0 Å². The summed E-state index contributed by atoms with van der Waals surface area (Å²) < 4.78 is 10.3. The summed E-state index contributed by atoms with van der Waals surface area (Å²) >= 11 is 0. The van der Waals surface area contributed by atoms with Crippen LogP contribution in [-0.4, -0.2) is 18.5 Å². The van der Waals surface area contributed by atoms with E-state index in [9.17, 15) is 9.59 Å². The molecule has 108 valence electrons. The minimum Gasteiger partial charge on any atom is -0.489 e. The third kappa shape index (κ3) is 4.65. The largest absolute Gasteiger partial charge is 0.489 e. The SMILES string of the molecule is NC(=O)COC(=O)c1ccc(COc2ccccc2)cc1. The molecule has 0 aliphatic heterocycles. The fourth-order valence-corrected chi connectivity index (χ4v) is 1.64. The summed E-state index contributed by atoms with van der Waals surface area (Å²) in [5.74, 6) is -0.483. The molecule has 5 nitrogen and oxygen atoms in total. The fraction of sp³-hybridized carbons (Fsp3) is 0.125. The van der Waals surface area contributed by atoms with Crippen molar-refractivity contribution in [3.8, 4) is 5.75 Å². The number of benzene rings is 2. The summed E-state index contributed by atoms with van der Waals surface area (Å²) in [6.45, 7) is -0.0155. The van der Waals surface area contributed by atoms with E-state index in [-0.39, 0.29) is 0 Å². The number of hydrogen-bond donors (Lipinski definition) is 1. The molecule has 0 heterocycles. The van der Waals surface area contributed by atoms with Crippen molar-refractivity contribution in [3.05, 3.63) is 65.7 Å². The number of para-hydroxylation sites is 1. The molecule has 0 aliphatic rings. The lowest BCUT2D eigenvalue weighted by Gasteiger charge is -2.07. The minimum absolute atomic E-state index is 0.361. The van der Waals surface area contributed by atoms with Gasteiger partial charge < -0.3 is 15.2 Å². The van der Waals surface area contributed by atoms with Crippen LogP contribution < -0.4 is 10.5 Å². The third-order valence-corrected chi connectivity index (χ3v) is 2.68. The van der Waals surface area contributed by atoms with Crippen LogP contribution in [0.1, 0.15) is 15.9 Å². The Hall–Kier alpha value is -2.82. The van der Waals surface area contributed by atoms with Crippen molar-refractivity contribution in [2.24, 2.45) is 5.73 Å². The van der Waals surface area contributed by atoms with Gasteiger partial charge >= 0.3 is 5.97 Å². The van der Waals surface area contributed by atoms with E-state index in [4.69, 9.17) is 15.2 Å². The van der Waals surface area contributed by atoms with E-state index in [1.54, 1.807) is 24.3 Å². The van der Waals surface area contributed by atoms with Gasteiger partial charge in [-0.3, -0.25) is 4.79 Å². The number of carbonyl (C=O) groups is 2. The van der Waals surface area contributed by atoms with Crippen molar-refractivity contribution in [1.29, 1.82) is 0 Å². The van der Waals surface area contributed by atoms with E-state index in [0.29, 0.717) is 12.2 Å². The zero-order valence-corrected chi connectivity index (χ0v) is 11.3. The summed E-state index contributed by atoms with van der Waals surface area (Å²) in [5, 5.41) is 0. The van der Waals surface area contributed by atoms with Gasteiger partial charge in [0, 0.05) is 0 Å². The predicted molar refractivity (Wildman–Crippen MR) is 76.7 cm³/mol. The molecule has 0 radical (unpaired) electrons. The van der Waals surface area contributed by atoms with Gasteiger partial charge in [0.1, 0.15) is 12.4 Å². The standard InChI is InChI=1S/C16H15NO4/c17-15(18)11-21-16(19)13-8-6-12(7-9-13)10-20-14-4-2-1-3-5-14/h1-9H,10-11H2,(H2,17,18). The molecular weight excluding hydrogens is 270 g/mol. The van der Waals surface area contributed by atoms with Crippen LogP contribution in [0.25, 0.3) is 0 Å². The quantitative estimate of drug-likeness (QED) is 0.822. The van der Waals surface area contributed by atoms with Gasteiger partial charge in [-0.25, -0.2) is 4.79 Å². The molecule has 0 unspecified atom stereocenters. The smallest absolute Gasteiger partial charge is 0.338 e. The van der Waals surface area contributed by atoms with E-state index in [0.717, 1.165) is 11.3 Å². The molecule has 0 saturated carbocycles. The molecule has 2 rings (SSSR count). The molecule has 2 aromatic carbocycles. The van der Waals surface area contributed by atoms with Gasteiger partial charge in [0.15, 0.2) is 6.61 Å². The first-order valence-electron chi connectivity index (χ1n) is 6.37. The second-order valence-corrected chi connectivity index (χ2v) is 4.34. The number of hydrogen-bond acceptors (Lipinski definition) is 4. The monoisotopic (exact) mass is 285 g/mol. The molecule has 0 atom stereocenters. The molecule has 21 heavy (non-hydrogen) atoms. The molecule has 0 aromatic heterocycles. The number of ether oxygens (including phenoxy) is 2. The Morgan fingerprint density at radius 1 is 0.952 bits per heavy atom. The Bertz CT molecular complexity index is 608. The van der Waals surface area contributed by atoms with Gasteiger partial charge in [-0.05, 0) is 29.8 Å². The second-order valence-electron chi connectivity index (χ2n) is 4.34. The zero-order valence-electron chi connectivity index (χ0n) is 11.3. The van der Waals surface area contributed by atoms with Gasteiger partial charge in [0.05, 0.1) is 5.56 Å². The Labute approximate surface area is 122 Å². The van der Waals surface area contributed by atoms with Crippen LogP contribution in [0, 0.1) is 0 Å². The first-order chi connectivity index (χ1) is 10.1.